The van der Waals surface area contributed by atoms with Crippen LogP contribution in [0.3, 0.4) is 0 Å². The fourth-order valence-corrected chi connectivity index (χ4v) is 1.86. The topological polar surface area (TPSA) is 0 Å². The van der Waals surface area contributed by atoms with E-state index < -0.39 is 0 Å². The molecule has 0 aliphatic rings. The molecule has 0 aromatic heterocycles. The summed E-state index contributed by atoms with van der Waals surface area (Å²) >= 11 is 0. The van der Waals surface area contributed by atoms with Gasteiger partial charge in [-0.25, -0.2) is 0 Å². The smallest absolute Gasteiger partial charge is 0.0152 e. The fourth-order valence-electron chi connectivity index (χ4n) is 1.86. The lowest BCUT2D eigenvalue weighted by atomic mass is 9.96. The molecule has 0 amide bonds. The van der Waals surface area contributed by atoms with Crippen LogP contribution in [-0.2, 0) is 0 Å². The van der Waals surface area contributed by atoms with E-state index in [-0.39, 0.29) is 0 Å². The number of aryl methyl sites for hydroxylation is 1. The highest BCUT2D eigenvalue weighted by atomic mass is 14.1. The predicted molar refractivity (Wildman–Crippen MR) is 71.4 cm³/mol. The van der Waals surface area contributed by atoms with Gasteiger partial charge in [0.2, 0.25) is 0 Å². The SMILES string of the molecule is C=Cc1ccc(-c2cccc(C)c2C)cc1. The second-order valence-corrected chi connectivity index (χ2v) is 4.07. The molecule has 0 aliphatic carbocycles. The Morgan fingerprint density at radius 1 is 0.938 bits per heavy atom. The maximum absolute atomic E-state index is 3.77. The van der Waals surface area contributed by atoms with Crippen molar-refractivity contribution in [2.45, 2.75) is 13.8 Å². The Labute approximate surface area is 97.3 Å². The van der Waals surface area contributed by atoms with Gasteiger partial charge in [0.1, 0.15) is 0 Å². The summed E-state index contributed by atoms with van der Waals surface area (Å²) in [5.74, 6) is 0. The zero-order chi connectivity index (χ0) is 11.5. The Kier molecular flexibility index (Phi) is 2.91. The van der Waals surface area contributed by atoms with Crippen molar-refractivity contribution in [3.05, 3.63) is 65.7 Å². The van der Waals surface area contributed by atoms with Crippen molar-refractivity contribution in [3.63, 3.8) is 0 Å². The Hall–Kier alpha value is -1.82. The summed E-state index contributed by atoms with van der Waals surface area (Å²) in [6, 6.07) is 14.9. The predicted octanol–water partition coefficient (Wildman–Crippen LogP) is 4.61. The molecule has 0 nitrogen and oxygen atoms in total. The Balaban J connectivity index is 2.50. The summed E-state index contributed by atoms with van der Waals surface area (Å²) < 4.78 is 0. The van der Waals surface area contributed by atoms with Crippen LogP contribution in [0.15, 0.2) is 49.0 Å². The average molecular weight is 208 g/mol. The molecule has 0 radical (unpaired) electrons. The Morgan fingerprint density at radius 2 is 1.62 bits per heavy atom. The van der Waals surface area contributed by atoms with Gasteiger partial charge in [-0.1, -0.05) is 55.1 Å². The molecule has 2 aromatic carbocycles. The lowest BCUT2D eigenvalue weighted by molar-refractivity contribution is 1.34. The quantitative estimate of drug-likeness (QED) is 0.676. The third-order valence-corrected chi connectivity index (χ3v) is 3.06. The summed E-state index contributed by atoms with van der Waals surface area (Å²) in [6.45, 7) is 8.09. The Morgan fingerprint density at radius 3 is 2.25 bits per heavy atom. The molecule has 0 unspecified atom stereocenters. The molecule has 2 rings (SSSR count). The Bertz CT molecular complexity index is 504. The molecule has 16 heavy (non-hydrogen) atoms. The molecule has 0 saturated heterocycles. The van der Waals surface area contributed by atoms with Gasteiger partial charge in [0.05, 0.1) is 0 Å². The van der Waals surface area contributed by atoms with Gasteiger partial charge >= 0.3 is 0 Å². The second-order valence-electron chi connectivity index (χ2n) is 4.07. The van der Waals surface area contributed by atoms with Crippen molar-refractivity contribution >= 4 is 6.08 Å². The summed E-state index contributed by atoms with van der Waals surface area (Å²) in [4.78, 5) is 0. The zero-order valence-corrected chi connectivity index (χ0v) is 9.83. The van der Waals surface area contributed by atoms with E-state index in [9.17, 15) is 0 Å². The minimum atomic E-state index is 1.16. The van der Waals surface area contributed by atoms with Crippen LogP contribution < -0.4 is 0 Å². The van der Waals surface area contributed by atoms with E-state index in [1.165, 1.54) is 22.3 Å². The van der Waals surface area contributed by atoms with Gasteiger partial charge in [-0.3, -0.25) is 0 Å². The van der Waals surface area contributed by atoms with Gasteiger partial charge in [0.15, 0.2) is 0 Å². The molecule has 0 heterocycles. The lowest BCUT2D eigenvalue weighted by Crippen LogP contribution is -1.86. The van der Waals surface area contributed by atoms with Crippen LogP contribution >= 0.6 is 0 Å². The van der Waals surface area contributed by atoms with E-state index in [2.05, 4.69) is 62.9 Å². The molecule has 0 saturated carbocycles. The van der Waals surface area contributed by atoms with E-state index >= 15 is 0 Å². The maximum atomic E-state index is 3.77. The molecule has 0 N–H and O–H groups in total. The van der Waals surface area contributed by atoms with Gasteiger partial charge in [0.25, 0.3) is 0 Å². The van der Waals surface area contributed by atoms with E-state index in [1.54, 1.807) is 0 Å². The van der Waals surface area contributed by atoms with Crippen molar-refractivity contribution in [1.82, 2.24) is 0 Å². The van der Waals surface area contributed by atoms with E-state index in [0.717, 1.165) is 5.56 Å². The number of hydrogen-bond acceptors (Lipinski definition) is 0. The first-order chi connectivity index (χ1) is 7.72. The lowest BCUT2D eigenvalue weighted by Gasteiger charge is -2.08. The molecular weight excluding hydrogens is 192 g/mol. The number of hydrogen-bond donors (Lipinski definition) is 0. The van der Waals surface area contributed by atoms with E-state index in [4.69, 9.17) is 0 Å². The highest BCUT2D eigenvalue weighted by molar-refractivity contribution is 5.69. The second kappa shape index (κ2) is 4.36. The van der Waals surface area contributed by atoms with Crippen LogP contribution in [0.25, 0.3) is 17.2 Å². The molecular formula is C16H16. The molecule has 0 spiro atoms. The van der Waals surface area contributed by atoms with Crippen LogP contribution in [0.5, 0.6) is 0 Å². The molecule has 0 bridgehead atoms. The molecule has 0 heteroatoms. The summed E-state index contributed by atoms with van der Waals surface area (Å²) in [7, 11) is 0. The van der Waals surface area contributed by atoms with Gasteiger partial charge in [-0.05, 0) is 41.7 Å². The molecule has 0 atom stereocenters. The zero-order valence-electron chi connectivity index (χ0n) is 9.83. The van der Waals surface area contributed by atoms with Crippen LogP contribution in [0, 0.1) is 13.8 Å². The largest absolute Gasteiger partial charge is 0.0985 e. The number of benzene rings is 2. The maximum Gasteiger partial charge on any atom is -0.0152 e. The van der Waals surface area contributed by atoms with Gasteiger partial charge in [0, 0.05) is 0 Å². The summed E-state index contributed by atoms with van der Waals surface area (Å²) in [5.41, 5.74) is 6.44. The standard InChI is InChI=1S/C16H16/c1-4-14-8-10-15(11-9-14)16-7-5-6-12(2)13(16)3/h4-11H,1H2,2-3H3. The molecule has 80 valence electrons. The van der Waals surface area contributed by atoms with Crippen molar-refractivity contribution in [2.75, 3.05) is 0 Å². The monoisotopic (exact) mass is 208 g/mol. The highest BCUT2D eigenvalue weighted by Crippen LogP contribution is 2.25. The van der Waals surface area contributed by atoms with Gasteiger partial charge < -0.3 is 0 Å². The van der Waals surface area contributed by atoms with Crippen molar-refractivity contribution in [2.24, 2.45) is 0 Å². The minimum Gasteiger partial charge on any atom is -0.0985 e. The van der Waals surface area contributed by atoms with Crippen molar-refractivity contribution in [3.8, 4) is 11.1 Å². The normalized spacial score (nSPS) is 10.1. The van der Waals surface area contributed by atoms with Crippen LogP contribution in [0.2, 0.25) is 0 Å². The van der Waals surface area contributed by atoms with Crippen LogP contribution in [0.4, 0.5) is 0 Å². The van der Waals surface area contributed by atoms with E-state index in [1.807, 2.05) is 6.08 Å². The van der Waals surface area contributed by atoms with Crippen LogP contribution in [0.1, 0.15) is 16.7 Å². The minimum absolute atomic E-state index is 1.16. The first kappa shape index (κ1) is 10.7. The molecule has 0 aliphatic heterocycles. The third kappa shape index (κ3) is 1.92. The fraction of sp³-hybridized carbons (Fsp3) is 0.125. The van der Waals surface area contributed by atoms with Crippen LogP contribution in [-0.4, -0.2) is 0 Å². The molecule has 2 aromatic rings. The van der Waals surface area contributed by atoms with Gasteiger partial charge in [-0.2, -0.15) is 0 Å². The highest BCUT2D eigenvalue weighted by Gasteiger charge is 2.02. The van der Waals surface area contributed by atoms with E-state index in [0.29, 0.717) is 0 Å². The average Bonchev–Trinajstić information content (AvgIpc) is 2.33. The summed E-state index contributed by atoms with van der Waals surface area (Å²) in [6.07, 6.45) is 1.87. The van der Waals surface area contributed by atoms with Crippen molar-refractivity contribution < 1.29 is 0 Å². The summed E-state index contributed by atoms with van der Waals surface area (Å²) in [5, 5.41) is 0. The number of rotatable bonds is 2. The third-order valence-electron chi connectivity index (χ3n) is 3.06. The van der Waals surface area contributed by atoms with Gasteiger partial charge in [-0.15, -0.1) is 0 Å². The molecule has 0 fully saturated rings. The van der Waals surface area contributed by atoms with Crippen molar-refractivity contribution in [1.29, 1.82) is 0 Å². The first-order valence-corrected chi connectivity index (χ1v) is 5.51. The first-order valence-electron chi connectivity index (χ1n) is 5.51.